The molecule has 3 aliphatic heterocycles. The molecule has 0 aromatic heterocycles. The number of hydrogen-bond acceptors (Lipinski definition) is 16. The fourth-order valence-electron chi connectivity index (χ4n) is 4.46. The first-order valence-electron chi connectivity index (χ1n) is 11.6. The van der Waals surface area contributed by atoms with E-state index in [9.17, 15) is 55.9 Å². The van der Waals surface area contributed by atoms with Gasteiger partial charge in [0.25, 0.3) is 0 Å². The second kappa shape index (κ2) is 12.8. The van der Waals surface area contributed by atoms with Crippen molar-refractivity contribution in [3.05, 3.63) is 0 Å². The predicted octanol–water partition coefficient (Wildman–Crippen LogP) is -7.43. The number of rotatable bonds is 8. The molecule has 0 bridgehead atoms. The van der Waals surface area contributed by atoms with Gasteiger partial charge in [0.05, 0.1) is 19.8 Å². The van der Waals surface area contributed by atoms with Crippen LogP contribution in [0.2, 0.25) is 0 Å². The van der Waals surface area contributed by atoms with Crippen LogP contribution in [0.3, 0.4) is 0 Å². The van der Waals surface area contributed by atoms with E-state index in [0.29, 0.717) is 0 Å². The first-order chi connectivity index (χ1) is 17.4. The quantitative estimate of drug-likeness (QED) is 0.135. The largest absolute Gasteiger partial charge is 0.394 e. The Labute approximate surface area is 210 Å². The van der Waals surface area contributed by atoms with Crippen molar-refractivity contribution in [1.82, 2.24) is 5.32 Å². The van der Waals surface area contributed by atoms with Crippen LogP contribution in [0.5, 0.6) is 0 Å². The lowest BCUT2D eigenvalue weighted by molar-refractivity contribution is -0.365. The standard InChI is InChI=1S/C20H35NO16/c1-5(25)21-9-12(28)16(36-20-14(30)13(29)10(26)6(2-22)34-20)8(4-24)35-19(9)37-17-11(27)7(3-23)33-18(32)15(17)31/h6-20,22-24,26-32H,2-4H2,1H3,(H,21,25)/t6-,7-,8-,9-,10+,11-,12-,13+,14-,15-,16-,17+,18?,19+,20+/m1/s1. The molecule has 17 nitrogen and oxygen atoms in total. The molecule has 0 aliphatic carbocycles. The number of hydrogen-bond donors (Lipinski definition) is 11. The van der Waals surface area contributed by atoms with E-state index < -0.39 is 118 Å². The number of carbonyl (C=O) groups is 1. The number of amides is 1. The van der Waals surface area contributed by atoms with Gasteiger partial charge in [0, 0.05) is 6.92 Å². The minimum Gasteiger partial charge on any atom is -0.394 e. The maximum Gasteiger partial charge on any atom is 0.217 e. The highest BCUT2D eigenvalue weighted by Gasteiger charge is 2.53. The molecule has 3 fully saturated rings. The Kier molecular flexibility index (Phi) is 10.5. The zero-order chi connectivity index (χ0) is 27.6. The third-order valence-electron chi connectivity index (χ3n) is 6.49. The minimum absolute atomic E-state index is 0.684. The van der Waals surface area contributed by atoms with Crippen molar-refractivity contribution in [3.63, 3.8) is 0 Å². The second-order valence-electron chi connectivity index (χ2n) is 9.07. The Balaban J connectivity index is 1.83. The summed E-state index contributed by atoms with van der Waals surface area (Å²) in [4.78, 5) is 11.9. The van der Waals surface area contributed by atoms with Crippen LogP contribution in [-0.4, -0.2) is 169 Å². The number of ether oxygens (including phenoxy) is 5. The van der Waals surface area contributed by atoms with Crippen LogP contribution in [0.25, 0.3) is 0 Å². The van der Waals surface area contributed by atoms with E-state index in [1.54, 1.807) is 0 Å². The molecule has 0 aromatic rings. The summed E-state index contributed by atoms with van der Waals surface area (Å²) in [5, 5.41) is 103. The maximum absolute atomic E-state index is 11.9. The zero-order valence-electron chi connectivity index (χ0n) is 19.7. The van der Waals surface area contributed by atoms with Crippen LogP contribution in [0, 0.1) is 0 Å². The van der Waals surface area contributed by atoms with Gasteiger partial charge in [0.15, 0.2) is 18.9 Å². The Morgan fingerprint density at radius 3 is 1.76 bits per heavy atom. The topological polar surface area (TPSA) is 278 Å². The fourth-order valence-corrected chi connectivity index (χ4v) is 4.46. The number of aliphatic hydroxyl groups excluding tert-OH is 10. The summed E-state index contributed by atoms with van der Waals surface area (Å²) in [6.07, 6.45) is -23.2. The maximum atomic E-state index is 11.9. The van der Waals surface area contributed by atoms with E-state index in [4.69, 9.17) is 23.7 Å². The lowest BCUT2D eigenvalue weighted by atomic mass is 9.94. The van der Waals surface area contributed by atoms with Crippen LogP contribution in [0.15, 0.2) is 0 Å². The predicted molar refractivity (Wildman–Crippen MR) is 113 cm³/mol. The Morgan fingerprint density at radius 1 is 0.649 bits per heavy atom. The first kappa shape index (κ1) is 30.4. The highest BCUT2D eigenvalue weighted by molar-refractivity contribution is 5.73. The molecule has 3 aliphatic rings. The molecule has 37 heavy (non-hydrogen) atoms. The molecule has 0 spiro atoms. The molecule has 0 aromatic carbocycles. The molecule has 15 atom stereocenters. The highest BCUT2D eigenvalue weighted by Crippen LogP contribution is 2.32. The summed E-state index contributed by atoms with van der Waals surface area (Å²) in [6, 6.07) is -1.48. The Bertz CT molecular complexity index is 745. The van der Waals surface area contributed by atoms with Crippen molar-refractivity contribution in [2.24, 2.45) is 0 Å². The van der Waals surface area contributed by atoms with E-state index in [0.717, 1.165) is 6.92 Å². The monoisotopic (exact) mass is 545 g/mol. The zero-order valence-corrected chi connectivity index (χ0v) is 19.7. The van der Waals surface area contributed by atoms with Crippen molar-refractivity contribution in [1.29, 1.82) is 0 Å². The van der Waals surface area contributed by atoms with Crippen LogP contribution in [0.1, 0.15) is 6.92 Å². The summed E-state index contributed by atoms with van der Waals surface area (Å²) >= 11 is 0. The lowest BCUT2D eigenvalue weighted by Gasteiger charge is -2.49. The SMILES string of the molecule is CC(=O)N[C@H]1[C@H](O[C@H]2[C@H](O)[C@@H](CO)OC(O)[C@@H]2O)O[C@H](CO)[C@@H](O[C@@H]2O[C@H](CO)[C@H](O)[C@H](O)[C@H]2O)[C@@H]1O. The molecule has 1 unspecified atom stereocenters. The minimum atomic E-state index is -1.87. The highest BCUT2D eigenvalue weighted by atomic mass is 16.7. The smallest absolute Gasteiger partial charge is 0.217 e. The van der Waals surface area contributed by atoms with E-state index >= 15 is 0 Å². The molecule has 216 valence electrons. The summed E-state index contributed by atoms with van der Waals surface area (Å²) < 4.78 is 27.0. The van der Waals surface area contributed by atoms with Gasteiger partial charge in [-0.25, -0.2) is 0 Å². The molecular weight excluding hydrogens is 510 g/mol. The second-order valence-corrected chi connectivity index (χ2v) is 9.07. The molecule has 0 saturated carbocycles. The van der Waals surface area contributed by atoms with E-state index in [-0.39, 0.29) is 0 Å². The van der Waals surface area contributed by atoms with Crippen molar-refractivity contribution in [3.8, 4) is 0 Å². The third-order valence-corrected chi connectivity index (χ3v) is 6.49. The van der Waals surface area contributed by atoms with Crippen LogP contribution in [0.4, 0.5) is 0 Å². The van der Waals surface area contributed by atoms with Gasteiger partial charge in [-0.15, -0.1) is 0 Å². The number of aliphatic hydroxyl groups is 10. The number of carbonyl (C=O) groups excluding carboxylic acids is 1. The Morgan fingerprint density at radius 2 is 1.19 bits per heavy atom. The number of nitrogens with one attached hydrogen (secondary N) is 1. The average molecular weight is 545 g/mol. The Hall–Kier alpha value is -1.13. The molecule has 0 radical (unpaired) electrons. The average Bonchev–Trinajstić information content (AvgIpc) is 2.87. The first-order valence-corrected chi connectivity index (χ1v) is 11.6. The van der Waals surface area contributed by atoms with Gasteiger partial charge in [-0.1, -0.05) is 0 Å². The lowest BCUT2D eigenvalue weighted by Crippen LogP contribution is -2.69. The van der Waals surface area contributed by atoms with Crippen molar-refractivity contribution in [2.75, 3.05) is 19.8 Å². The summed E-state index contributed by atoms with van der Waals surface area (Å²) in [5.41, 5.74) is 0. The van der Waals surface area contributed by atoms with Crippen molar-refractivity contribution in [2.45, 2.75) is 99.0 Å². The van der Waals surface area contributed by atoms with Gasteiger partial charge in [0.1, 0.15) is 73.2 Å². The third kappa shape index (κ3) is 6.38. The van der Waals surface area contributed by atoms with E-state index in [1.807, 2.05) is 0 Å². The van der Waals surface area contributed by atoms with Crippen molar-refractivity contribution < 1.29 is 79.5 Å². The molecule has 11 N–H and O–H groups in total. The molecule has 3 saturated heterocycles. The van der Waals surface area contributed by atoms with Gasteiger partial charge in [-0.05, 0) is 0 Å². The van der Waals surface area contributed by atoms with Gasteiger partial charge in [-0.2, -0.15) is 0 Å². The van der Waals surface area contributed by atoms with Crippen LogP contribution >= 0.6 is 0 Å². The van der Waals surface area contributed by atoms with E-state index in [1.165, 1.54) is 0 Å². The fraction of sp³-hybridized carbons (Fsp3) is 0.950. The summed E-state index contributed by atoms with van der Waals surface area (Å²) in [7, 11) is 0. The van der Waals surface area contributed by atoms with E-state index in [2.05, 4.69) is 5.32 Å². The van der Waals surface area contributed by atoms with Crippen molar-refractivity contribution >= 4 is 5.91 Å². The summed E-state index contributed by atoms with van der Waals surface area (Å²) in [6.45, 7) is -1.23. The molecule has 3 heterocycles. The van der Waals surface area contributed by atoms with Crippen LogP contribution < -0.4 is 5.32 Å². The van der Waals surface area contributed by atoms with Gasteiger partial charge in [-0.3, -0.25) is 4.79 Å². The summed E-state index contributed by atoms with van der Waals surface area (Å²) in [5.74, 6) is -0.684. The normalized spacial score (nSPS) is 49.0. The molecule has 1 amide bonds. The van der Waals surface area contributed by atoms with Gasteiger partial charge < -0.3 is 80.1 Å². The van der Waals surface area contributed by atoms with Crippen LogP contribution in [-0.2, 0) is 28.5 Å². The molecule has 3 rings (SSSR count). The van der Waals surface area contributed by atoms with Gasteiger partial charge in [0.2, 0.25) is 5.91 Å². The van der Waals surface area contributed by atoms with Gasteiger partial charge >= 0.3 is 0 Å². The molecule has 17 heteroatoms. The molecular formula is C20H35NO16.